The van der Waals surface area contributed by atoms with Crippen molar-refractivity contribution in [1.82, 2.24) is 4.31 Å². The van der Waals surface area contributed by atoms with Crippen LogP contribution in [0.5, 0.6) is 0 Å². The molecule has 2 aromatic rings. The summed E-state index contributed by atoms with van der Waals surface area (Å²) in [7, 11) is -7.18. The van der Waals surface area contributed by atoms with E-state index in [1.54, 1.807) is 19.1 Å². The molecule has 0 aromatic heterocycles. The molecular formula is C22H30N2O5S2. The van der Waals surface area contributed by atoms with E-state index >= 15 is 0 Å². The first-order valence-electron chi connectivity index (χ1n) is 10.4. The van der Waals surface area contributed by atoms with Crippen molar-refractivity contribution in [3.05, 3.63) is 54.1 Å². The fraction of sp³-hybridized carbons (Fsp3) is 0.409. The monoisotopic (exact) mass is 466 g/mol. The van der Waals surface area contributed by atoms with E-state index in [1.165, 1.54) is 40.7 Å². The molecule has 2 aromatic carbocycles. The van der Waals surface area contributed by atoms with Crippen molar-refractivity contribution in [2.45, 2.75) is 49.8 Å². The Hall–Kier alpha value is -2.23. The molecule has 2 rings (SSSR count). The molecule has 0 radical (unpaired) electrons. The highest BCUT2D eigenvalue weighted by atomic mass is 32.2. The zero-order valence-electron chi connectivity index (χ0n) is 18.2. The molecule has 0 spiro atoms. The summed E-state index contributed by atoms with van der Waals surface area (Å²) in [5.74, 6) is -0.611. The molecule has 9 heteroatoms. The average molecular weight is 467 g/mol. The molecule has 1 amide bonds. The first kappa shape index (κ1) is 25.0. The number of benzene rings is 2. The van der Waals surface area contributed by atoms with Crippen molar-refractivity contribution >= 4 is 31.5 Å². The van der Waals surface area contributed by atoms with Crippen molar-refractivity contribution < 1.29 is 21.6 Å². The molecule has 0 aliphatic carbocycles. The Morgan fingerprint density at radius 2 is 1.42 bits per heavy atom. The lowest BCUT2D eigenvalue weighted by atomic mass is 10.2. The molecule has 0 heterocycles. The van der Waals surface area contributed by atoms with E-state index in [4.69, 9.17) is 0 Å². The lowest BCUT2D eigenvalue weighted by Crippen LogP contribution is -2.32. The third-order valence-electron chi connectivity index (χ3n) is 4.64. The summed E-state index contributed by atoms with van der Waals surface area (Å²) >= 11 is 0. The molecule has 0 unspecified atom stereocenters. The number of sulfonamides is 1. The average Bonchev–Trinajstić information content (AvgIpc) is 2.74. The first-order chi connectivity index (χ1) is 14.7. The zero-order valence-corrected chi connectivity index (χ0v) is 19.8. The second-order valence-electron chi connectivity index (χ2n) is 7.20. The van der Waals surface area contributed by atoms with Crippen LogP contribution in [-0.2, 0) is 19.9 Å². The quantitative estimate of drug-likeness (QED) is 0.541. The lowest BCUT2D eigenvalue weighted by molar-refractivity contribution is 0.102. The van der Waals surface area contributed by atoms with Gasteiger partial charge in [0.1, 0.15) is 0 Å². The molecule has 0 atom stereocenters. The maximum absolute atomic E-state index is 12.9. The highest BCUT2D eigenvalue weighted by Crippen LogP contribution is 2.22. The molecule has 31 heavy (non-hydrogen) atoms. The smallest absolute Gasteiger partial charge is 0.256 e. The third kappa shape index (κ3) is 6.15. The Morgan fingerprint density at radius 3 is 1.97 bits per heavy atom. The van der Waals surface area contributed by atoms with Crippen molar-refractivity contribution in [1.29, 1.82) is 0 Å². The summed E-state index contributed by atoms with van der Waals surface area (Å²) in [5.41, 5.74) is 0.439. The van der Waals surface area contributed by atoms with E-state index in [2.05, 4.69) is 5.32 Å². The van der Waals surface area contributed by atoms with E-state index in [0.29, 0.717) is 38.0 Å². The Labute approximate surface area is 185 Å². The number of amides is 1. The normalized spacial score (nSPS) is 12.1. The Morgan fingerprint density at radius 1 is 0.839 bits per heavy atom. The van der Waals surface area contributed by atoms with Crippen LogP contribution in [-0.4, -0.2) is 45.9 Å². The van der Waals surface area contributed by atoms with Gasteiger partial charge in [0.15, 0.2) is 9.84 Å². The van der Waals surface area contributed by atoms with Crippen molar-refractivity contribution in [2.24, 2.45) is 0 Å². The maximum atomic E-state index is 12.9. The van der Waals surface area contributed by atoms with E-state index in [1.807, 2.05) is 13.8 Å². The SMILES string of the molecule is CCCN(CCC)S(=O)(=O)c1ccc(NC(=O)c2ccccc2S(=O)(=O)CCC)cc1. The molecule has 170 valence electrons. The van der Waals surface area contributed by atoms with Crippen LogP contribution in [0.15, 0.2) is 58.3 Å². The van der Waals surface area contributed by atoms with Gasteiger partial charge < -0.3 is 5.32 Å². The molecule has 0 saturated carbocycles. The van der Waals surface area contributed by atoms with Crippen molar-refractivity contribution in [3.8, 4) is 0 Å². The van der Waals surface area contributed by atoms with Gasteiger partial charge in [0.25, 0.3) is 5.91 Å². The molecular weight excluding hydrogens is 436 g/mol. The fourth-order valence-corrected chi connectivity index (χ4v) is 6.38. The molecule has 7 nitrogen and oxygen atoms in total. The number of hydrogen-bond donors (Lipinski definition) is 1. The van der Waals surface area contributed by atoms with E-state index < -0.39 is 25.8 Å². The van der Waals surface area contributed by atoms with Gasteiger partial charge in [-0.25, -0.2) is 16.8 Å². The van der Waals surface area contributed by atoms with Gasteiger partial charge >= 0.3 is 0 Å². The van der Waals surface area contributed by atoms with Gasteiger partial charge in [0.05, 0.1) is 21.1 Å². The zero-order chi connectivity index (χ0) is 23.1. The Balaban J connectivity index is 2.26. The lowest BCUT2D eigenvalue weighted by Gasteiger charge is -2.21. The van der Waals surface area contributed by atoms with Gasteiger partial charge in [0, 0.05) is 18.8 Å². The summed E-state index contributed by atoms with van der Waals surface area (Å²) in [5, 5.41) is 2.66. The molecule has 0 fully saturated rings. The maximum Gasteiger partial charge on any atom is 0.256 e. The van der Waals surface area contributed by atoms with E-state index in [9.17, 15) is 21.6 Å². The number of nitrogens with zero attached hydrogens (tertiary/aromatic N) is 1. The predicted molar refractivity (Wildman–Crippen MR) is 123 cm³/mol. The minimum atomic E-state index is -3.61. The van der Waals surface area contributed by atoms with Gasteiger partial charge in [-0.05, 0) is 55.7 Å². The first-order valence-corrected chi connectivity index (χ1v) is 13.5. The Bertz CT molecular complexity index is 1090. The summed E-state index contributed by atoms with van der Waals surface area (Å²) in [6.45, 7) is 6.50. The van der Waals surface area contributed by atoms with E-state index in [0.717, 1.165) is 0 Å². The standard InChI is InChI=1S/C22H30N2O5S2/c1-4-15-24(16-5-2)31(28,29)19-13-11-18(12-14-19)23-22(25)20-9-7-8-10-21(20)30(26,27)17-6-3/h7-14H,4-6,15-17H2,1-3H3,(H,23,25). The van der Waals surface area contributed by atoms with Gasteiger partial charge in [-0.2, -0.15) is 4.31 Å². The number of carbonyl (C=O) groups is 1. The van der Waals surface area contributed by atoms with Crippen LogP contribution in [0.1, 0.15) is 50.4 Å². The van der Waals surface area contributed by atoms with Crippen LogP contribution in [0.3, 0.4) is 0 Å². The number of nitrogens with one attached hydrogen (secondary N) is 1. The molecule has 0 bridgehead atoms. The highest BCUT2D eigenvalue weighted by molar-refractivity contribution is 7.91. The van der Waals surface area contributed by atoms with Gasteiger partial charge in [-0.15, -0.1) is 0 Å². The van der Waals surface area contributed by atoms with Gasteiger partial charge in [0.2, 0.25) is 10.0 Å². The van der Waals surface area contributed by atoms with Crippen LogP contribution in [0, 0.1) is 0 Å². The van der Waals surface area contributed by atoms with Crippen LogP contribution in [0.4, 0.5) is 5.69 Å². The number of anilines is 1. The number of rotatable bonds is 11. The summed E-state index contributed by atoms with van der Waals surface area (Å²) in [4.78, 5) is 12.9. The summed E-state index contributed by atoms with van der Waals surface area (Å²) in [6.07, 6.45) is 1.88. The summed E-state index contributed by atoms with van der Waals surface area (Å²) in [6, 6.07) is 12.0. The largest absolute Gasteiger partial charge is 0.322 e. The number of sulfone groups is 1. The topological polar surface area (TPSA) is 101 Å². The minimum Gasteiger partial charge on any atom is -0.322 e. The second kappa shape index (κ2) is 10.9. The molecule has 0 saturated heterocycles. The second-order valence-corrected chi connectivity index (χ2v) is 11.2. The van der Waals surface area contributed by atoms with Crippen LogP contribution < -0.4 is 5.32 Å². The van der Waals surface area contributed by atoms with E-state index in [-0.39, 0.29) is 21.1 Å². The van der Waals surface area contributed by atoms with Crippen LogP contribution >= 0.6 is 0 Å². The predicted octanol–water partition coefficient (Wildman–Crippen LogP) is 3.93. The third-order valence-corrected chi connectivity index (χ3v) is 8.52. The Kier molecular flexibility index (Phi) is 8.79. The van der Waals surface area contributed by atoms with Crippen molar-refractivity contribution in [2.75, 3.05) is 24.2 Å². The van der Waals surface area contributed by atoms with Crippen LogP contribution in [0.2, 0.25) is 0 Å². The minimum absolute atomic E-state index is 0.0108. The van der Waals surface area contributed by atoms with Gasteiger partial charge in [-0.1, -0.05) is 32.9 Å². The molecule has 0 aliphatic heterocycles. The number of carbonyl (C=O) groups excluding carboxylic acids is 1. The fourth-order valence-electron chi connectivity index (χ4n) is 3.21. The molecule has 1 N–H and O–H groups in total. The highest BCUT2D eigenvalue weighted by Gasteiger charge is 2.24. The summed E-state index contributed by atoms with van der Waals surface area (Å²) < 4.78 is 52.1. The van der Waals surface area contributed by atoms with Crippen molar-refractivity contribution in [3.63, 3.8) is 0 Å². The van der Waals surface area contributed by atoms with Gasteiger partial charge in [-0.3, -0.25) is 4.79 Å². The van der Waals surface area contributed by atoms with Crippen LogP contribution in [0.25, 0.3) is 0 Å². The molecule has 0 aliphatic rings. The number of hydrogen-bond acceptors (Lipinski definition) is 5.